The Kier molecular flexibility index (Phi) is 4.83. The van der Waals surface area contributed by atoms with Crippen molar-refractivity contribution in [2.45, 2.75) is 39.3 Å². The van der Waals surface area contributed by atoms with Gasteiger partial charge in [-0.05, 0) is 6.92 Å². The number of halogens is 3. The van der Waals surface area contributed by atoms with Crippen molar-refractivity contribution in [3.63, 3.8) is 0 Å². The van der Waals surface area contributed by atoms with Gasteiger partial charge in [0.2, 0.25) is 0 Å². The Morgan fingerprint density at radius 2 is 1.80 bits per heavy atom. The van der Waals surface area contributed by atoms with Gasteiger partial charge >= 0.3 is 6.18 Å². The number of aromatic nitrogens is 2. The summed E-state index contributed by atoms with van der Waals surface area (Å²) in [5.41, 5.74) is -0.334. The van der Waals surface area contributed by atoms with E-state index in [1.165, 1.54) is 13.1 Å². The molecule has 0 saturated heterocycles. The molecule has 1 N–H and O–H groups in total. The highest BCUT2D eigenvalue weighted by molar-refractivity contribution is 5.49. The van der Waals surface area contributed by atoms with Crippen LogP contribution in [0.15, 0.2) is 6.07 Å². The van der Waals surface area contributed by atoms with Crippen molar-refractivity contribution < 1.29 is 13.2 Å². The van der Waals surface area contributed by atoms with E-state index in [1.54, 1.807) is 0 Å². The average Bonchev–Trinajstić information content (AvgIpc) is 2.25. The number of nitrogens with zero attached hydrogens (tertiary/aromatic N) is 3. The average molecular weight is 290 g/mol. The van der Waals surface area contributed by atoms with Crippen LogP contribution in [-0.2, 0) is 5.41 Å². The summed E-state index contributed by atoms with van der Waals surface area (Å²) in [6.45, 7) is 7.27. The number of anilines is 2. The molecule has 0 radical (unpaired) electrons. The summed E-state index contributed by atoms with van der Waals surface area (Å²) in [5.74, 6) is 1.31. The van der Waals surface area contributed by atoms with Gasteiger partial charge in [-0.3, -0.25) is 0 Å². The molecule has 114 valence electrons. The normalized spacial score (nSPS) is 12.4. The maximum absolute atomic E-state index is 12.5. The molecule has 0 atom stereocenters. The smallest absolute Gasteiger partial charge is 0.370 e. The number of alkyl halides is 3. The Bertz CT molecular complexity index is 452. The molecular weight excluding hydrogens is 269 g/mol. The van der Waals surface area contributed by atoms with Crippen LogP contribution in [0.3, 0.4) is 0 Å². The van der Waals surface area contributed by atoms with E-state index >= 15 is 0 Å². The molecule has 0 fully saturated rings. The van der Waals surface area contributed by atoms with E-state index in [1.807, 2.05) is 27.7 Å². The fraction of sp³-hybridized carbons (Fsp3) is 0.692. The third kappa shape index (κ3) is 4.86. The van der Waals surface area contributed by atoms with Gasteiger partial charge < -0.3 is 10.2 Å². The Morgan fingerprint density at radius 1 is 1.20 bits per heavy atom. The molecule has 0 spiro atoms. The lowest BCUT2D eigenvalue weighted by Crippen LogP contribution is -2.32. The lowest BCUT2D eigenvalue weighted by molar-refractivity contribution is -0.119. The highest BCUT2D eigenvalue weighted by Crippen LogP contribution is 2.25. The van der Waals surface area contributed by atoms with E-state index in [0.29, 0.717) is 18.2 Å². The van der Waals surface area contributed by atoms with Crippen LogP contribution >= 0.6 is 0 Å². The molecule has 0 aromatic carbocycles. The van der Waals surface area contributed by atoms with Crippen LogP contribution < -0.4 is 10.2 Å². The molecule has 0 amide bonds. The Morgan fingerprint density at radius 3 is 2.25 bits per heavy atom. The van der Waals surface area contributed by atoms with E-state index in [9.17, 15) is 13.2 Å². The first kappa shape index (κ1) is 16.5. The first-order valence-electron chi connectivity index (χ1n) is 6.44. The summed E-state index contributed by atoms with van der Waals surface area (Å²) in [7, 11) is 1.37. The second-order valence-corrected chi connectivity index (χ2v) is 5.69. The van der Waals surface area contributed by atoms with E-state index in [4.69, 9.17) is 0 Å². The number of hydrogen-bond acceptors (Lipinski definition) is 4. The van der Waals surface area contributed by atoms with Crippen LogP contribution in [0.5, 0.6) is 0 Å². The molecule has 20 heavy (non-hydrogen) atoms. The molecule has 0 aliphatic rings. The van der Waals surface area contributed by atoms with Crippen LogP contribution in [0.1, 0.15) is 33.5 Å². The molecule has 0 aliphatic carbocycles. The van der Waals surface area contributed by atoms with Gasteiger partial charge in [-0.2, -0.15) is 13.2 Å². The molecule has 7 heteroatoms. The zero-order chi connectivity index (χ0) is 15.6. The zero-order valence-corrected chi connectivity index (χ0v) is 12.5. The minimum absolute atomic E-state index is 0.262. The molecule has 1 aromatic heterocycles. The van der Waals surface area contributed by atoms with Gasteiger partial charge in [0.15, 0.2) is 0 Å². The fourth-order valence-electron chi connectivity index (χ4n) is 1.59. The second kappa shape index (κ2) is 5.85. The second-order valence-electron chi connectivity index (χ2n) is 5.69. The minimum atomic E-state index is -4.26. The molecule has 0 saturated carbocycles. The highest BCUT2D eigenvalue weighted by atomic mass is 19.4. The van der Waals surface area contributed by atoms with Crippen LogP contribution in [-0.4, -0.2) is 36.3 Å². The molecule has 0 unspecified atom stereocenters. The fourth-order valence-corrected chi connectivity index (χ4v) is 1.59. The molecular formula is C13H21F3N4. The summed E-state index contributed by atoms with van der Waals surface area (Å²) < 4.78 is 37.4. The maximum atomic E-state index is 12.5. The summed E-state index contributed by atoms with van der Waals surface area (Å²) in [6, 6.07) is 1.53. The van der Waals surface area contributed by atoms with Gasteiger partial charge in [-0.15, -0.1) is 0 Å². The number of nitrogens with one attached hydrogen (secondary N) is 1. The lowest BCUT2D eigenvalue weighted by atomic mass is 9.96. The van der Waals surface area contributed by atoms with Crippen molar-refractivity contribution in [3.05, 3.63) is 11.9 Å². The number of rotatable bonds is 4. The van der Waals surface area contributed by atoms with Gasteiger partial charge in [-0.1, -0.05) is 20.8 Å². The molecule has 0 aliphatic heterocycles. The molecule has 0 bridgehead atoms. The van der Waals surface area contributed by atoms with E-state index < -0.39 is 12.7 Å². The van der Waals surface area contributed by atoms with E-state index in [-0.39, 0.29) is 11.2 Å². The van der Waals surface area contributed by atoms with Crippen molar-refractivity contribution in [2.24, 2.45) is 0 Å². The van der Waals surface area contributed by atoms with Gasteiger partial charge in [0.1, 0.15) is 24.0 Å². The SMILES string of the molecule is CCNc1cc(N(C)CC(F)(F)F)nc(C(C)(C)C)n1. The lowest BCUT2D eigenvalue weighted by Gasteiger charge is -2.24. The summed E-state index contributed by atoms with van der Waals surface area (Å²) >= 11 is 0. The Balaban J connectivity index is 3.15. The number of hydrogen-bond donors (Lipinski definition) is 1. The molecule has 1 aromatic rings. The van der Waals surface area contributed by atoms with Gasteiger partial charge in [0.05, 0.1) is 0 Å². The van der Waals surface area contributed by atoms with Crippen molar-refractivity contribution in [1.29, 1.82) is 0 Å². The monoisotopic (exact) mass is 290 g/mol. The standard InChI is InChI=1S/C13H21F3N4/c1-6-17-9-7-10(20(5)8-13(14,15)16)19-11(18-9)12(2,3)4/h7H,6,8H2,1-5H3,(H,17,18,19). The van der Waals surface area contributed by atoms with Crippen LogP contribution in [0, 0.1) is 0 Å². The molecule has 1 rings (SSSR count). The van der Waals surface area contributed by atoms with Gasteiger partial charge in [0, 0.05) is 25.1 Å². The first-order valence-corrected chi connectivity index (χ1v) is 6.44. The molecule has 4 nitrogen and oxygen atoms in total. The van der Waals surface area contributed by atoms with Crippen molar-refractivity contribution in [3.8, 4) is 0 Å². The highest BCUT2D eigenvalue weighted by Gasteiger charge is 2.30. The largest absolute Gasteiger partial charge is 0.405 e. The molecule has 1 heterocycles. The van der Waals surface area contributed by atoms with Crippen LogP contribution in [0.25, 0.3) is 0 Å². The van der Waals surface area contributed by atoms with E-state index in [2.05, 4.69) is 15.3 Å². The van der Waals surface area contributed by atoms with Crippen LogP contribution in [0.2, 0.25) is 0 Å². The minimum Gasteiger partial charge on any atom is -0.370 e. The Labute approximate surface area is 117 Å². The predicted molar refractivity (Wildman–Crippen MR) is 74.2 cm³/mol. The quantitative estimate of drug-likeness (QED) is 0.924. The van der Waals surface area contributed by atoms with E-state index in [0.717, 1.165) is 4.90 Å². The summed E-state index contributed by atoms with van der Waals surface area (Å²) in [5, 5.41) is 3.02. The Hall–Kier alpha value is -1.53. The van der Waals surface area contributed by atoms with Gasteiger partial charge in [0.25, 0.3) is 0 Å². The third-order valence-corrected chi connectivity index (χ3v) is 2.55. The summed E-state index contributed by atoms with van der Waals surface area (Å²) in [6.07, 6.45) is -4.26. The van der Waals surface area contributed by atoms with Crippen molar-refractivity contribution >= 4 is 11.6 Å². The van der Waals surface area contributed by atoms with Crippen molar-refractivity contribution in [2.75, 3.05) is 30.4 Å². The predicted octanol–water partition coefficient (Wildman–Crippen LogP) is 3.20. The zero-order valence-electron chi connectivity index (χ0n) is 12.5. The topological polar surface area (TPSA) is 41.0 Å². The van der Waals surface area contributed by atoms with Crippen LogP contribution in [0.4, 0.5) is 24.8 Å². The van der Waals surface area contributed by atoms with Gasteiger partial charge in [-0.25, -0.2) is 9.97 Å². The third-order valence-electron chi connectivity index (χ3n) is 2.55. The van der Waals surface area contributed by atoms with Crippen molar-refractivity contribution in [1.82, 2.24) is 9.97 Å². The first-order chi connectivity index (χ1) is 9.03. The maximum Gasteiger partial charge on any atom is 0.405 e. The summed E-state index contributed by atoms with van der Waals surface area (Å²) in [4.78, 5) is 9.67.